The first-order valence-corrected chi connectivity index (χ1v) is 8.48. The summed E-state index contributed by atoms with van der Waals surface area (Å²) in [5, 5.41) is 6.24. The molecule has 0 aliphatic heterocycles. The fourth-order valence-corrected chi connectivity index (χ4v) is 2.56. The molecule has 0 aliphatic carbocycles. The molecular weight excluding hydrogens is 300 g/mol. The molecule has 2 N–H and O–H groups in total. The molecule has 1 heterocycles. The third kappa shape index (κ3) is 4.78. The first kappa shape index (κ1) is 17.9. The third-order valence-corrected chi connectivity index (χ3v) is 3.87. The van der Waals surface area contributed by atoms with E-state index < -0.39 is 0 Å². The SMILES string of the molecule is CCCCCNC(=O)c1cc(Nc2c(C)cccc2C)nc(C)n1. The molecule has 1 aromatic carbocycles. The molecule has 1 amide bonds. The first-order chi connectivity index (χ1) is 11.5. The topological polar surface area (TPSA) is 66.9 Å². The summed E-state index contributed by atoms with van der Waals surface area (Å²) in [7, 11) is 0. The highest BCUT2D eigenvalue weighted by molar-refractivity contribution is 5.93. The largest absolute Gasteiger partial charge is 0.351 e. The Labute approximate surface area is 143 Å². The number of aryl methyl sites for hydroxylation is 3. The van der Waals surface area contributed by atoms with Crippen LogP contribution in [0.1, 0.15) is 53.6 Å². The van der Waals surface area contributed by atoms with Crippen LogP contribution in [0.2, 0.25) is 0 Å². The summed E-state index contributed by atoms with van der Waals surface area (Å²) in [6.45, 7) is 8.70. The average Bonchev–Trinajstić information content (AvgIpc) is 2.54. The molecule has 0 saturated carbocycles. The summed E-state index contributed by atoms with van der Waals surface area (Å²) < 4.78 is 0. The minimum absolute atomic E-state index is 0.152. The highest BCUT2D eigenvalue weighted by Gasteiger charge is 2.11. The van der Waals surface area contributed by atoms with E-state index in [1.54, 1.807) is 13.0 Å². The Kier molecular flexibility index (Phi) is 6.29. The van der Waals surface area contributed by atoms with Crippen LogP contribution >= 0.6 is 0 Å². The van der Waals surface area contributed by atoms with E-state index in [-0.39, 0.29) is 5.91 Å². The van der Waals surface area contributed by atoms with E-state index in [0.717, 1.165) is 36.1 Å². The molecule has 0 spiro atoms. The van der Waals surface area contributed by atoms with Crippen LogP contribution in [0.4, 0.5) is 11.5 Å². The van der Waals surface area contributed by atoms with E-state index >= 15 is 0 Å². The van der Waals surface area contributed by atoms with Gasteiger partial charge in [0, 0.05) is 18.3 Å². The Morgan fingerprint density at radius 2 is 1.79 bits per heavy atom. The number of unbranched alkanes of at least 4 members (excludes halogenated alkanes) is 2. The lowest BCUT2D eigenvalue weighted by atomic mass is 10.1. The number of benzene rings is 1. The molecule has 0 saturated heterocycles. The van der Waals surface area contributed by atoms with E-state index in [1.165, 1.54) is 0 Å². The summed E-state index contributed by atoms with van der Waals surface area (Å²) in [6.07, 6.45) is 3.23. The fourth-order valence-electron chi connectivity index (χ4n) is 2.56. The van der Waals surface area contributed by atoms with Crippen molar-refractivity contribution in [1.29, 1.82) is 0 Å². The van der Waals surface area contributed by atoms with Gasteiger partial charge in [0.15, 0.2) is 0 Å². The van der Waals surface area contributed by atoms with Crippen molar-refractivity contribution >= 4 is 17.4 Å². The second-order valence-electron chi connectivity index (χ2n) is 6.04. The second-order valence-corrected chi connectivity index (χ2v) is 6.04. The number of para-hydroxylation sites is 1. The number of nitrogens with one attached hydrogen (secondary N) is 2. The van der Waals surface area contributed by atoms with Crippen LogP contribution in [-0.2, 0) is 0 Å². The van der Waals surface area contributed by atoms with E-state index in [9.17, 15) is 4.79 Å². The van der Waals surface area contributed by atoms with Crippen LogP contribution in [0, 0.1) is 20.8 Å². The van der Waals surface area contributed by atoms with E-state index in [4.69, 9.17) is 0 Å². The lowest BCUT2D eigenvalue weighted by molar-refractivity contribution is 0.0947. The quantitative estimate of drug-likeness (QED) is 0.753. The summed E-state index contributed by atoms with van der Waals surface area (Å²) in [5.74, 6) is 1.06. The monoisotopic (exact) mass is 326 g/mol. The van der Waals surface area contributed by atoms with Gasteiger partial charge in [0.2, 0.25) is 0 Å². The van der Waals surface area contributed by atoms with Crippen LogP contribution in [-0.4, -0.2) is 22.4 Å². The van der Waals surface area contributed by atoms with Crippen LogP contribution in [0.5, 0.6) is 0 Å². The van der Waals surface area contributed by atoms with Crippen molar-refractivity contribution in [1.82, 2.24) is 15.3 Å². The van der Waals surface area contributed by atoms with E-state index in [0.29, 0.717) is 23.9 Å². The summed E-state index contributed by atoms with van der Waals surface area (Å²) >= 11 is 0. The number of carbonyl (C=O) groups is 1. The Bertz CT molecular complexity index is 692. The standard InChI is InChI=1S/C19H26N4O/c1-5-6-7-11-20-19(24)16-12-17(22-15(4)21-16)23-18-13(2)9-8-10-14(18)3/h8-10,12H,5-7,11H2,1-4H3,(H,20,24)(H,21,22,23). The molecule has 0 bridgehead atoms. The molecule has 5 heteroatoms. The molecule has 2 aromatic rings. The Hall–Kier alpha value is -2.43. The number of aromatic nitrogens is 2. The van der Waals surface area contributed by atoms with Crippen molar-refractivity contribution in [3.05, 3.63) is 46.9 Å². The van der Waals surface area contributed by atoms with Crippen molar-refractivity contribution < 1.29 is 4.79 Å². The molecule has 0 aliphatic rings. The van der Waals surface area contributed by atoms with E-state index in [1.807, 2.05) is 32.0 Å². The van der Waals surface area contributed by atoms with E-state index in [2.05, 4.69) is 27.5 Å². The normalized spacial score (nSPS) is 10.5. The number of nitrogens with zero attached hydrogens (tertiary/aromatic N) is 2. The molecule has 0 fully saturated rings. The number of rotatable bonds is 7. The van der Waals surface area contributed by atoms with Crippen molar-refractivity contribution in [2.75, 3.05) is 11.9 Å². The van der Waals surface area contributed by atoms with Gasteiger partial charge in [-0.05, 0) is 38.3 Å². The number of amides is 1. The Balaban J connectivity index is 2.15. The molecule has 0 radical (unpaired) electrons. The smallest absolute Gasteiger partial charge is 0.270 e. The zero-order valence-corrected chi connectivity index (χ0v) is 14.9. The van der Waals surface area contributed by atoms with Gasteiger partial charge in [-0.3, -0.25) is 4.79 Å². The summed E-state index contributed by atoms with van der Waals surface area (Å²) in [4.78, 5) is 20.9. The molecule has 24 heavy (non-hydrogen) atoms. The lowest BCUT2D eigenvalue weighted by Gasteiger charge is -2.13. The number of hydrogen-bond donors (Lipinski definition) is 2. The molecule has 5 nitrogen and oxygen atoms in total. The van der Waals surface area contributed by atoms with Gasteiger partial charge in [0.1, 0.15) is 17.3 Å². The van der Waals surface area contributed by atoms with Crippen LogP contribution in [0.15, 0.2) is 24.3 Å². The van der Waals surface area contributed by atoms with Gasteiger partial charge in [0.25, 0.3) is 5.91 Å². The minimum Gasteiger partial charge on any atom is -0.351 e. The maximum Gasteiger partial charge on any atom is 0.270 e. The molecule has 1 aromatic heterocycles. The van der Waals surface area contributed by atoms with Crippen molar-refractivity contribution in [2.45, 2.75) is 47.0 Å². The minimum atomic E-state index is -0.152. The first-order valence-electron chi connectivity index (χ1n) is 8.48. The summed E-state index contributed by atoms with van der Waals surface area (Å²) in [6, 6.07) is 7.82. The lowest BCUT2D eigenvalue weighted by Crippen LogP contribution is -2.26. The molecule has 128 valence electrons. The Morgan fingerprint density at radius 3 is 2.46 bits per heavy atom. The van der Waals surface area contributed by atoms with Gasteiger partial charge in [-0.25, -0.2) is 9.97 Å². The predicted molar refractivity (Wildman–Crippen MR) is 97.8 cm³/mol. The molecule has 2 rings (SSSR count). The van der Waals surface area contributed by atoms with Crippen LogP contribution in [0.3, 0.4) is 0 Å². The zero-order chi connectivity index (χ0) is 17.5. The van der Waals surface area contributed by atoms with Gasteiger partial charge in [-0.2, -0.15) is 0 Å². The molecule has 0 unspecified atom stereocenters. The number of hydrogen-bond acceptors (Lipinski definition) is 4. The maximum absolute atomic E-state index is 12.3. The fraction of sp³-hybridized carbons (Fsp3) is 0.421. The number of anilines is 2. The molecule has 0 atom stereocenters. The number of carbonyl (C=O) groups excluding carboxylic acids is 1. The summed E-state index contributed by atoms with van der Waals surface area (Å²) in [5.41, 5.74) is 3.69. The van der Waals surface area contributed by atoms with Gasteiger partial charge in [0.05, 0.1) is 0 Å². The van der Waals surface area contributed by atoms with Crippen molar-refractivity contribution in [2.24, 2.45) is 0 Å². The highest BCUT2D eigenvalue weighted by atomic mass is 16.1. The zero-order valence-electron chi connectivity index (χ0n) is 14.9. The highest BCUT2D eigenvalue weighted by Crippen LogP contribution is 2.23. The van der Waals surface area contributed by atoms with Crippen LogP contribution < -0.4 is 10.6 Å². The van der Waals surface area contributed by atoms with Gasteiger partial charge in [-0.1, -0.05) is 38.0 Å². The van der Waals surface area contributed by atoms with Crippen molar-refractivity contribution in [3.8, 4) is 0 Å². The Morgan fingerprint density at radius 1 is 1.08 bits per heavy atom. The third-order valence-electron chi connectivity index (χ3n) is 3.87. The predicted octanol–water partition coefficient (Wildman–Crippen LogP) is 4.07. The van der Waals surface area contributed by atoms with Gasteiger partial charge in [-0.15, -0.1) is 0 Å². The van der Waals surface area contributed by atoms with Gasteiger partial charge < -0.3 is 10.6 Å². The molecular formula is C19H26N4O. The van der Waals surface area contributed by atoms with Crippen molar-refractivity contribution in [3.63, 3.8) is 0 Å². The second kappa shape index (κ2) is 8.43. The maximum atomic E-state index is 12.3. The average molecular weight is 326 g/mol. The van der Waals surface area contributed by atoms with Crippen LogP contribution in [0.25, 0.3) is 0 Å². The van der Waals surface area contributed by atoms with Gasteiger partial charge >= 0.3 is 0 Å².